The van der Waals surface area contributed by atoms with Crippen molar-refractivity contribution in [3.8, 4) is 0 Å². The number of carbonyl (C=O) groups excluding carboxylic acids is 1. The first-order valence-electron chi connectivity index (χ1n) is 5.53. The van der Waals surface area contributed by atoms with Gasteiger partial charge in [0.25, 0.3) is 0 Å². The molecule has 1 unspecified atom stereocenters. The average Bonchev–Trinajstić information content (AvgIpc) is 2.16. The number of carbonyl (C=O) groups is 2. The Kier molecular flexibility index (Phi) is 6.46. The molecule has 0 saturated heterocycles. The summed E-state index contributed by atoms with van der Waals surface area (Å²) in [5.74, 6) is -0.989. The lowest BCUT2D eigenvalue weighted by Gasteiger charge is -2.23. The smallest absolute Gasteiger partial charge is 0.305 e. The highest BCUT2D eigenvalue weighted by Crippen LogP contribution is 2.12. The minimum Gasteiger partial charge on any atom is -0.481 e. The Morgan fingerprint density at radius 3 is 2.38 bits per heavy atom. The van der Waals surface area contributed by atoms with Gasteiger partial charge >= 0.3 is 5.97 Å². The van der Waals surface area contributed by atoms with Gasteiger partial charge in [0.05, 0.1) is 6.42 Å². The van der Waals surface area contributed by atoms with Gasteiger partial charge in [0, 0.05) is 19.0 Å². The van der Waals surface area contributed by atoms with Gasteiger partial charge < -0.3 is 10.0 Å². The normalized spacial score (nSPS) is 11.9. The number of carboxylic acid groups (broad SMARTS) is 1. The minimum atomic E-state index is -0.876. The van der Waals surface area contributed by atoms with Gasteiger partial charge in [-0.15, -0.1) is 6.58 Å². The van der Waals surface area contributed by atoms with E-state index >= 15 is 0 Å². The van der Waals surface area contributed by atoms with E-state index in [4.69, 9.17) is 5.11 Å². The van der Waals surface area contributed by atoms with E-state index in [1.54, 1.807) is 4.90 Å². The van der Waals surface area contributed by atoms with Crippen molar-refractivity contribution >= 4 is 11.9 Å². The molecular weight excluding hydrogens is 206 g/mol. The quantitative estimate of drug-likeness (QED) is 0.676. The minimum absolute atomic E-state index is 0.000624. The third kappa shape index (κ3) is 5.53. The molecule has 0 heterocycles. The topological polar surface area (TPSA) is 57.6 Å². The van der Waals surface area contributed by atoms with Crippen LogP contribution in [0.2, 0.25) is 0 Å². The Morgan fingerprint density at radius 1 is 1.44 bits per heavy atom. The molecule has 0 radical (unpaired) electrons. The molecule has 1 N–H and O–H groups in total. The number of hydrogen-bond acceptors (Lipinski definition) is 2. The molecule has 0 aromatic heterocycles. The van der Waals surface area contributed by atoms with Crippen molar-refractivity contribution in [2.75, 3.05) is 13.1 Å². The van der Waals surface area contributed by atoms with Gasteiger partial charge in [0.15, 0.2) is 0 Å². The zero-order chi connectivity index (χ0) is 12.7. The van der Waals surface area contributed by atoms with Gasteiger partial charge in [-0.25, -0.2) is 0 Å². The van der Waals surface area contributed by atoms with Crippen molar-refractivity contribution in [2.24, 2.45) is 5.92 Å². The van der Waals surface area contributed by atoms with Crippen molar-refractivity contribution in [3.05, 3.63) is 12.2 Å². The van der Waals surface area contributed by atoms with Crippen LogP contribution >= 0.6 is 0 Å². The molecule has 92 valence electrons. The molecule has 0 aromatic rings. The molecule has 0 aliphatic rings. The Labute approximate surface area is 96.9 Å². The van der Waals surface area contributed by atoms with Crippen LogP contribution in [0.1, 0.15) is 33.6 Å². The summed E-state index contributed by atoms with van der Waals surface area (Å²) in [7, 11) is 0. The van der Waals surface area contributed by atoms with E-state index in [2.05, 4.69) is 6.58 Å². The molecule has 0 aliphatic heterocycles. The Balaban J connectivity index is 4.28. The fraction of sp³-hybridized carbons (Fsp3) is 0.667. The van der Waals surface area contributed by atoms with Gasteiger partial charge in [-0.1, -0.05) is 12.5 Å². The summed E-state index contributed by atoms with van der Waals surface area (Å²) < 4.78 is 0. The summed E-state index contributed by atoms with van der Waals surface area (Å²) >= 11 is 0. The molecule has 0 aromatic carbocycles. The SMILES string of the molecule is C=C(C)CC(C)C(=O)N(CC)CCC(=O)O. The highest BCUT2D eigenvalue weighted by atomic mass is 16.4. The van der Waals surface area contributed by atoms with Gasteiger partial charge in [-0.3, -0.25) is 9.59 Å². The second kappa shape index (κ2) is 7.04. The molecule has 0 rings (SSSR count). The highest BCUT2D eigenvalue weighted by Gasteiger charge is 2.19. The van der Waals surface area contributed by atoms with Crippen LogP contribution in [0, 0.1) is 5.92 Å². The largest absolute Gasteiger partial charge is 0.481 e. The molecule has 0 saturated carbocycles. The molecular formula is C12H21NO3. The first kappa shape index (κ1) is 14.7. The fourth-order valence-corrected chi connectivity index (χ4v) is 1.58. The predicted molar refractivity (Wildman–Crippen MR) is 63.1 cm³/mol. The number of allylic oxidation sites excluding steroid dienone is 1. The second-order valence-corrected chi connectivity index (χ2v) is 4.12. The van der Waals surface area contributed by atoms with Crippen LogP contribution in [0.15, 0.2) is 12.2 Å². The lowest BCUT2D eigenvalue weighted by Crippen LogP contribution is -2.36. The second-order valence-electron chi connectivity index (χ2n) is 4.12. The van der Waals surface area contributed by atoms with E-state index < -0.39 is 5.97 Å². The molecule has 16 heavy (non-hydrogen) atoms. The molecule has 0 spiro atoms. The van der Waals surface area contributed by atoms with Crippen LogP contribution < -0.4 is 0 Å². The highest BCUT2D eigenvalue weighted by molar-refractivity contribution is 5.79. The number of nitrogens with zero attached hydrogens (tertiary/aromatic N) is 1. The van der Waals surface area contributed by atoms with Gasteiger partial charge in [-0.2, -0.15) is 0 Å². The lowest BCUT2D eigenvalue weighted by atomic mass is 10.0. The molecule has 0 aliphatic carbocycles. The van der Waals surface area contributed by atoms with Crippen LogP contribution in [-0.4, -0.2) is 35.0 Å². The molecule has 4 heteroatoms. The van der Waals surface area contributed by atoms with Crippen LogP contribution in [0.5, 0.6) is 0 Å². The van der Waals surface area contributed by atoms with E-state index in [1.165, 1.54) is 0 Å². The molecule has 1 atom stereocenters. The van der Waals surface area contributed by atoms with Crippen molar-refractivity contribution in [3.63, 3.8) is 0 Å². The number of carboxylic acids is 1. The number of aliphatic carboxylic acids is 1. The maximum absolute atomic E-state index is 11.9. The fourth-order valence-electron chi connectivity index (χ4n) is 1.58. The van der Waals surface area contributed by atoms with Crippen LogP contribution in [-0.2, 0) is 9.59 Å². The van der Waals surface area contributed by atoms with E-state index in [1.807, 2.05) is 20.8 Å². The lowest BCUT2D eigenvalue weighted by molar-refractivity contribution is -0.139. The summed E-state index contributed by atoms with van der Waals surface area (Å²) in [4.78, 5) is 23.9. The third-order valence-corrected chi connectivity index (χ3v) is 2.37. The van der Waals surface area contributed by atoms with Crippen LogP contribution in [0.4, 0.5) is 0 Å². The first-order valence-corrected chi connectivity index (χ1v) is 5.53. The molecule has 0 fully saturated rings. The van der Waals surface area contributed by atoms with Crippen molar-refractivity contribution < 1.29 is 14.7 Å². The monoisotopic (exact) mass is 227 g/mol. The zero-order valence-electron chi connectivity index (χ0n) is 10.3. The predicted octanol–water partition coefficient (Wildman–Crippen LogP) is 1.91. The number of amides is 1. The first-order chi connectivity index (χ1) is 7.38. The summed E-state index contributed by atoms with van der Waals surface area (Å²) in [6.45, 7) is 10.2. The summed E-state index contributed by atoms with van der Waals surface area (Å²) in [6, 6.07) is 0. The van der Waals surface area contributed by atoms with Gasteiger partial charge in [0.2, 0.25) is 5.91 Å². The van der Waals surface area contributed by atoms with Crippen molar-refractivity contribution in [1.82, 2.24) is 4.90 Å². The zero-order valence-corrected chi connectivity index (χ0v) is 10.3. The average molecular weight is 227 g/mol. The molecule has 1 amide bonds. The summed E-state index contributed by atoms with van der Waals surface area (Å²) in [5.41, 5.74) is 0.968. The Morgan fingerprint density at radius 2 is 2.00 bits per heavy atom. The summed E-state index contributed by atoms with van der Waals surface area (Å²) in [6.07, 6.45) is 0.655. The van der Waals surface area contributed by atoms with E-state index in [9.17, 15) is 9.59 Å². The number of rotatable bonds is 7. The van der Waals surface area contributed by atoms with Crippen molar-refractivity contribution in [1.29, 1.82) is 0 Å². The van der Waals surface area contributed by atoms with Crippen LogP contribution in [0.25, 0.3) is 0 Å². The third-order valence-electron chi connectivity index (χ3n) is 2.37. The Hall–Kier alpha value is -1.32. The maximum Gasteiger partial charge on any atom is 0.305 e. The van der Waals surface area contributed by atoms with Crippen LogP contribution in [0.3, 0.4) is 0 Å². The molecule has 4 nitrogen and oxygen atoms in total. The van der Waals surface area contributed by atoms with E-state index in [-0.39, 0.29) is 24.8 Å². The number of hydrogen-bond donors (Lipinski definition) is 1. The van der Waals surface area contributed by atoms with Gasteiger partial charge in [-0.05, 0) is 20.3 Å². The standard InChI is InChI=1S/C12H21NO3/c1-5-13(7-6-11(14)15)12(16)10(4)8-9(2)3/h10H,2,5-8H2,1,3-4H3,(H,14,15). The molecule has 0 bridgehead atoms. The van der Waals surface area contributed by atoms with Gasteiger partial charge in [0.1, 0.15) is 0 Å². The Bertz CT molecular complexity index is 273. The van der Waals surface area contributed by atoms with Crippen molar-refractivity contribution in [2.45, 2.75) is 33.6 Å². The van der Waals surface area contributed by atoms with E-state index in [0.29, 0.717) is 13.0 Å². The van der Waals surface area contributed by atoms with E-state index in [0.717, 1.165) is 5.57 Å². The summed E-state index contributed by atoms with van der Waals surface area (Å²) in [5, 5.41) is 8.57. The maximum atomic E-state index is 11.9.